The molecule has 5 rings (SSSR count). The molecule has 0 saturated heterocycles. The first kappa shape index (κ1) is 23.3. The monoisotopic (exact) mass is 492 g/mol. The molecule has 2 aromatic heterocycles. The first-order valence-corrected chi connectivity index (χ1v) is 13.1. The maximum atomic E-state index is 12.8. The fraction of sp³-hybridized carbons (Fsp3) is 0.440. The Hall–Kier alpha value is -3.45. The number of pyridine rings is 1. The summed E-state index contributed by atoms with van der Waals surface area (Å²) in [7, 11) is 0.216. The highest BCUT2D eigenvalue weighted by atomic mass is 32.2. The van der Waals surface area contributed by atoms with E-state index in [2.05, 4.69) is 32.5 Å². The zero-order valence-electron chi connectivity index (χ0n) is 19.7. The third-order valence-electron chi connectivity index (χ3n) is 6.88. The Morgan fingerprint density at radius 1 is 1.31 bits per heavy atom. The molecule has 4 heterocycles. The van der Waals surface area contributed by atoms with Crippen LogP contribution in [0.1, 0.15) is 42.6 Å². The standard InChI is InChI=1S/C25H28N6O3S/c1-3-17-5-6-19(26-15-17)18-7-12-31(13-8-18)23-28-20-9-14-35(33)21(20)22(29-23)30-25(10-4-11-25)16-27-24(32)34-2/h1,5-7,15H,4,8-14,16H2,2H3,(H,27,32)(H,28,29,30). The van der Waals surface area contributed by atoms with E-state index in [0.29, 0.717) is 41.9 Å². The number of ether oxygens (including phenoxy) is 1. The zero-order valence-corrected chi connectivity index (χ0v) is 20.5. The quantitative estimate of drug-likeness (QED) is 0.592. The summed E-state index contributed by atoms with van der Waals surface area (Å²) in [6, 6.07) is 3.86. The number of aromatic nitrogens is 3. The van der Waals surface area contributed by atoms with Crippen LogP contribution in [-0.4, -0.2) is 63.3 Å². The molecule has 182 valence electrons. The number of aryl methyl sites for hydroxylation is 1. The lowest BCUT2D eigenvalue weighted by molar-refractivity contribution is 0.163. The van der Waals surface area contributed by atoms with Gasteiger partial charge in [0.05, 0.1) is 34.8 Å². The normalized spacial score (nSPS) is 20.2. The fourth-order valence-corrected chi connectivity index (χ4v) is 5.98. The molecule has 2 aliphatic heterocycles. The van der Waals surface area contributed by atoms with Crippen molar-refractivity contribution in [3.05, 3.63) is 41.4 Å². The summed E-state index contributed by atoms with van der Waals surface area (Å²) in [5, 5.41) is 6.35. The molecule has 1 amide bonds. The van der Waals surface area contributed by atoms with Crippen molar-refractivity contribution in [3.63, 3.8) is 0 Å². The molecule has 2 N–H and O–H groups in total. The predicted molar refractivity (Wildman–Crippen MR) is 135 cm³/mol. The number of hydrogen-bond donors (Lipinski definition) is 2. The van der Waals surface area contributed by atoms with Crippen molar-refractivity contribution in [2.24, 2.45) is 0 Å². The summed E-state index contributed by atoms with van der Waals surface area (Å²) in [6.07, 6.45) is 13.1. The van der Waals surface area contributed by atoms with E-state index in [1.807, 2.05) is 12.1 Å². The molecule has 0 bridgehead atoms. The van der Waals surface area contributed by atoms with E-state index in [0.717, 1.165) is 49.2 Å². The molecule has 1 atom stereocenters. The average Bonchev–Trinajstić information content (AvgIpc) is 3.26. The summed E-state index contributed by atoms with van der Waals surface area (Å²) in [6.45, 7) is 1.83. The molecular weight excluding hydrogens is 464 g/mol. The zero-order chi connectivity index (χ0) is 24.4. The van der Waals surface area contributed by atoms with Gasteiger partial charge in [0.1, 0.15) is 10.7 Å². The third kappa shape index (κ3) is 4.73. The van der Waals surface area contributed by atoms with Crippen LogP contribution in [0.4, 0.5) is 16.6 Å². The van der Waals surface area contributed by atoms with E-state index in [9.17, 15) is 9.00 Å². The number of methoxy groups -OCH3 is 1. The van der Waals surface area contributed by atoms with Crippen LogP contribution in [0.2, 0.25) is 0 Å². The Morgan fingerprint density at radius 3 is 2.80 bits per heavy atom. The molecule has 9 nitrogen and oxygen atoms in total. The van der Waals surface area contributed by atoms with Gasteiger partial charge in [-0.15, -0.1) is 6.42 Å². The highest BCUT2D eigenvalue weighted by Gasteiger charge is 2.40. The highest BCUT2D eigenvalue weighted by molar-refractivity contribution is 7.85. The van der Waals surface area contributed by atoms with Crippen molar-refractivity contribution in [1.82, 2.24) is 20.3 Å². The van der Waals surface area contributed by atoms with Crippen LogP contribution in [0.25, 0.3) is 5.57 Å². The van der Waals surface area contributed by atoms with Gasteiger partial charge in [-0.3, -0.25) is 9.19 Å². The molecule has 0 aromatic carbocycles. The number of nitrogens with one attached hydrogen (secondary N) is 2. The second-order valence-corrected chi connectivity index (χ2v) is 10.6. The molecule has 3 aliphatic rings. The van der Waals surface area contributed by atoms with Crippen LogP contribution < -0.4 is 15.5 Å². The lowest BCUT2D eigenvalue weighted by atomic mass is 9.76. The van der Waals surface area contributed by atoms with Crippen molar-refractivity contribution in [3.8, 4) is 12.3 Å². The minimum absolute atomic E-state index is 0.328. The van der Waals surface area contributed by atoms with Gasteiger partial charge in [-0.25, -0.2) is 9.78 Å². The second kappa shape index (κ2) is 9.66. The molecule has 1 fully saturated rings. The lowest BCUT2D eigenvalue weighted by Gasteiger charge is -2.43. The maximum Gasteiger partial charge on any atom is 0.406 e. The van der Waals surface area contributed by atoms with Crippen molar-refractivity contribution in [2.45, 2.75) is 42.5 Å². The molecule has 0 radical (unpaired) electrons. The fourth-order valence-electron chi connectivity index (χ4n) is 4.68. The van der Waals surface area contributed by atoms with Crippen molar-refractivity contribution < 1.29 is 13.7 Å². The topological polar surface area (TPSA) is 109 Å². The number of rotatable bonds is 6. The van der Waals surface area contributed by atoms with Gasteiger partial charge in [-0.1, -0.05) is 12.0 Å². The van der Waals surface area contributed by atoms with E-state index in [-0.39, 0.29) is 5.54 Å². The van der Waals surface area contributed by atoms with Gasteiger partial charge in [0.15, 0.2) is 0 Å². The number of carbonyl (C=O) groups is 1. The summed E-state index contributed by atoms with van der Waals surface area (Å²) in [5.74, 6) is 4.40. The van der Waals surface area contributed by atoms with Gasteiger partial charge in [0.2, 0.25) is 5.95 Å². The SMILES string of the molecule is C#Cc1ccc(C2=CCN(c3nc4c(c(NC5(CNC(=O)OC)CCC5)n3)S(=O)CC4)CC2)nc1. The van der Waals surface area contributed by atoms with E-state index >= 15 is 0 Å². The van der Waals surface area contributed by atoms with Crippen LogP contribution in [0.15, 0.2) is 29.3 Å². The molecular formula is C25H28N6O3S. The number of hydrogen-bond acceptors (Lipinski definition) is 8. The van der Waals surface area contributed by atoms with Crippen LogP contribution in [0, 0.1) is 12.3 Å². The van der Waals surface area contributed by atoms with E-state index in [4.69, 9.17) is 21.1 Å². The Balaban J connectivity index is 1.38. The number of amides is 1. The van der Waals surface area contributed by atoms with Gasteiger partial charge in [0, 0.05) is 43.6 Å². The van der Waals surface area contributed by atoms with Gasteiger partial charge in [-0.2, -0.15) is 4.98 Å². The predicted octanol–water partition coefficient (Wildman–Crippen LogP) is 2.50. The minimum Gasteiger partial charge on any atom is -0.453 e. The van der Waals surface area contributed by atoms with Crippen molar-refractivity contribution >= 4 is 34.2 Å². The Kier molecular flexibility index (Phi) is 6.43. The molecule has 10 heteroatoms. The smallest absolute Gasteiger partial charge is 0.406 e. The van der Waals surface area contributed by atoms with Crippen LogP contribution in [0.3, 0.4) is 0 Å². The number of alkyl carbamates (subject to hydrolysis) is 1. The van der Waals surface area contributed by atoms with Gasteiger partial charge in [-0.05, 0) is 43.4 Å². The molecule has 35 heavy (non-hydrogen) atoms. The number of terminal acetylenes is 1. The molecule has 1 saturated carbocycles. The molecule has 1 aliphatic carbocycles. The molecule has 2 aromatic rings. The van der Waals surface area contributed by atoms with E-state index < -0.39 is 16.9 Å². The number of fused-ring (bicyclic) bond motifs is 1. The number of anilines is 2. The van der Waals surface area contributed by atoms with E-state index in [1.165, 1.54) is 12.7 Å². The van der Waals surface area contributed by atoms with Gasteiger partial charge in [0.25, 0.3) is 0 Å². The van der Waals surface area contributed by atoms with E-state index in [1.54, 1.807) is 6.20 Å². The van der Waals surface area contributed by atoms with Crippen LogP contribution >= 0.6 is 0 Å². The first-order chi connectivity index (χ1) is 17.0. The summed E-state index contributed by atoms with van der Waals surface area (Å²) >= 11 is 0. The number of nitrogens with zero attached hydrogens (tertiary/aromatic N) is 4. The highest BCUT2D eigenvalue weighted by Crippen LogP contribution is 2.38. The van der Waals surface area contributed by atoms with Gasteiger partial charge >= 0.3 is 6.09 Å². The summed E-state index contributed by atoms with van der Waals surface area (Å²) in [5.41, 5.74) is 3.38. The lowest BCUT2D eigenvalue weighted by Crippen LogP contribution is -2.54. The molecule has 1 unspecified atom stereocenters. The number of carbonyl (C=O) groups excluding carboxylic acids is 1. The Bertz CT molecular complexity index is 1230. The van der Waals surface area contributed by atoms with Gasteiger partial charge < -0.3 is 20.3 Å². The average molecular weight is 493 g/mol. The minimum atomic E-state index is -1.14. The largest absolute Gasteiger partial charge is 0.453 e. The summed E-state index contributed by atoms with van der Waals surface area (Å²) in [4.78, 5) is 28.6. The molecule has 0 spiro atoms. The summed E-state index contributed by atoms with van der Waals surface area (Å²) < 4.78 is 17.5. The Labute approximate surface area is 207 Å². The van der Waals surface area contributed by atoms with Crippen molar-refractivity contribution in [1.29, 1.82) is 0 Å². The van der Waals surface area contributed by atoms with Crippen LogP contribution in [0.5, 0.6) is 0 Å². The van der Waals surface area contributed by atoms with Crippen molar-refractivity contribution in [2.75, 3.05) is 42.7 Å². The second-order valence-electron chi connectivity index (χ2n) is 9.05. The maximum absolute atomic E-state index is 12.8. The Morgan fingerprint density at radius 2 is 2.17 bits per heavy atom. The third-order valence-corrected chi connectivity index (χ3v) is 8.34. The van der Waals surface area contributed by atoms with Crippen LogP contribution in [-0.2, 0) is 22.0 Å². The first-order valence-electron chi connectivity index (χ1n) is 11.8.